The molecule has 0 fully saturated rings. The van der Waals surface area contributed by atoms with Crippen molar-refractivity contribution < 1.29 is 9.84 Å². The van der Waals surface area contributed by atoms with Gasteiger partial charge in [0.2, 0.25) is 0 Å². The molecule has 2 nitrogen and oxygen atoms in total. The third-order valence-electron chi connectivity index (χ3n) is 2.68. The lowest BCUT2D eigenvalue weighted by Crippen LogP contribution is -2.06. The summed E-state index contributed by atoms with van der Waals surface area (Å²) in [4.78, 5) is 0. The van der Waals surface area contributed by atoms with E-state index in [1.807, 2.05) is 26.8 Å². The van der Waals surface area contributed by atoms with Crippen LogP contribution in [0.2, 0.25) is 0 Å². The molecule has 3 heteroatoms. The summed E-state index contributed by atoms with van der Waals surface area (Å²) in [5, 5.41) is 9.24. The van der Waals surface area contributed by atoms with E-state index in [4.69, 9.17) is 4.74 Å². The second-order valence-electron chi connectivity index (χ2n) is 3.83. The van der Waals surface area contributed by atoms with Crippen molar-refractivity contribution in [3.8, 4) is 5.75 Å². The van der Waals surface area contributed by atoms with Gasteiger partial charge in [0.05, 0.1) is 7.11 Å². The molecule has 0 aliphatic rings. The zero-order valence-corrected chi connectivity index (χ0v) is 11.2. The lowest BCUT2D eigenvalue weighted by molar-refractivity contribution is 0.269. The van der Waals surface area contributed by atoms with Crippen molar-refractivity contribution in [1.29, 1.82) is 0 Å². The molecule has 1 unspecified atom stereocenters. The molecule has 1 N–H and O–H groups in total. The van der Waals surface area contributed by atoms with E-state index in [2.05, 4.69) is 15.9 Å². The van der Waals surface area contributed by atoms with Crippen molar-refractivity contribution in [2.24, 2.45) is 0 Å². The highest BCUT2D eigenvalue weighted by molar-refractivity contribution is 9.10. The summed E-state index contributed by atoms with van der Waals surface area (Å²) in [5.74, 6) is 0.980. The van der Waals surface area contributed by atoms with Crippen molar-refractivity contribution >= 4 is 15.9 Å². The Morgan fingerprint density at radius 2 is 2.07 bits per heavy atom. The molecule has 0 saturated carbocycles. The Labute approximate surface area is 99.4 Å². The summed E-state index contributed by atoms with van der Waals surface area (Å²) in [6.07, 6.45) is 0. The average Bonchev–Trinajstić information content (AvgIpc) is 2.21. The summed E-state index contributed by atoms with van der Waals surface area (Å²) < 4.78 is 6.47. The van der Waals surface area contributed by atoms with E-state index >= 15 is 0 Å². The van der Waals surface area contributed by atoms with Gasteiger partial charge >= 0.3 is 0 Å². The lowest BCUT2D eigenvalue weighted by atomic mass is 9.94. The second kappa shape index (κ2) is 4.99. The van der Waals surface area contributed by atoms with Gasteiger partial charge in [-0.1, -0.05) is 22.9 Å². The van der Waals surface area contributed by atoms with Gasteiger partial charge in [-0.05, 0) is 31.0 Å². The minimum absolute atomic E-state index is 0.0937. The van der Waals surface area contributed by atoms with Crippen LogP contribution < -0.4 is 4.74 Å². The van der Waals surface area contributed by atoms with Crippen LogP contribution in [0.3, 0.4) is 0 Å². The molecule has 0 bridgehead atoms. The number of hydrogen-bond donors (Lipinski definition) is 1. The van der Waals surface area contributed by atoms with Crippen LogP contribution in [-0.4, -0.2) is 18.8 Å². The predicted molar refractivity (Wildman–Crippen MR) is 65.7 cm³/mol. The molecule has 1 atom stereocenters. The lowest BCUT2D eigenvalue weighted by Gasteiger charge is -2.19. The Bertz CT molecular complexity index is 361. The molecule has 0 amide bonds. The van der Waals surface area contributed by atoms with Gasteiger partial charge in [0.1, 0.15) is 5.75 Å². The number of rotatable bonds is 3. The smallest absolute Gasteiger partial charge is 0.125 e. The van der Waals surface area contributed by atoms with Crippen LogP contribution in [0.25, 0.3) is 0 Å². The molecule has 0 radical (unpaired) electrons. The van der Waals surface area contributed by atoms with Gasteiger partial charge in [0.25, 0.3) is 0 Å². The first-order chi connectivity index (χ1) is 7.02. The molecule has 0 spiro atoms. The van der Waals surface area contributed by atoms with E-state index in [9.17, 15) is 5.11 Å². The van der Waals surface area contributed by atoms with Gasteiger partial charge in [-0.2, -0.15) is 0 Å². The van der Waals surface area contributed by atoms with Crippen LogP contribution in [0.4, 0.5) is 0 Å². The Morgan fingerprint density at radius 3 is 2.53 bits per heavy atom. The van der Waals surface area contributed by atoms with Crippen LogP contribution in [0.15, 0.2) is 10.5 Å². The monoisotopic (exact) mass is 272 g/mol. The van der Waals surface area contributed by atoms with Crippen molar-refractivity contribution in [3.05, 3.63) is 27.2 Å². The summed E-state index contributed by atoms with van der Waals surface area (Å²) in [6, 6.07) is 2.04. The number of methoxy groups -OCH3 is 1. The Morgan fingerprint density at radius 1 is 1.47 bits per heavy atom. The number of halogens is 1. The molecular formula is C12H17BrO2. The largest absolute Gasteiger partial charge is 0.496 e. The fourth-order valence-electron chi connectivity index (χ4n) is 1.83. The van der Waals surface area contributed by atoms with Crippen LogP contribution in [0.5, 0.6) is 5.75 Å². The Hall–Kier alpha value is -0.540. The fraction of sp³-hybridized carbons (Fsp3) is 0.500. The van der Waals surface area contributed by atoms with Gasteiger partial charge in [-0.3, -0.25) is 0 Å². The number of hydrogen-bond acceptors (Lipinski definition) is 2. The molecule has 0 aliphatic carbocycles. The maximum atomic E-state index is 9.24. The number of aryl methyl sites for hydroxylation is 1. The molecule has 1 aromatic rings. The normalized spacial score (nSPS) is 12.7. The van der Waals surface area contributed by atoms with Crippen molar-refractivity contribution in [3.63, 3.8) is 0 Å². The molecule has 15 heavy (non-hydrogen) atoms. The molecular weight excluding hydrogens is 256 g/mol. The third kappa shape index (κ3) is 2.34. The molecule has 0 aromatic heterocycles. The molecule has 1 aromatic carbocycles. The molecule has 1 rings (SSSR count). The highest BCUT2D eigenvalue weighted by Crippen LogP contribution is 2.36. The van der Waals surface area contributed by atoms with Gasteiger partial charge in [0.15, 0.2) is 0 Å². The number of ether oxygens (including phenoxy) is 1. The summed E-state index contributed by atoms with van der Waals surface area (Å²) in [7, 11) is 1.67. The first kappa shape index (κ1) is 12.5. The van der Waals surface area contributed by atoms with Gasteiger partial charge < -0.3 is 9.84 Å². The van der Waals surface area contributed by atoms with E-state index in [0.717, 1.165) is 26.9 Å². The molecule has 0 heterocycles. The van der Waals surface area contributed by atoms with E-state index < -0.39 is 0 Å². The average molecular weight is 273 g/mol. The topological polar surface area (TPSA) is 29.5 Å². The van der Waals surface area contributed by atoms with E-state index in [-0.39, 0.29) is 12.5 Å². The SMILES string of the molecule is COc1c(C)cc(Br)c(C)c1C(C)CO. The van der Waals surface area contributed by atoms with Crippen molar-refractivity contribution in [2.75, 3.05) is 13.7 Å². The van der Waals surface area contributed by atoms with Gasteiger partial charge in [-0.15, -0.1) is 0 Å². The summed E-state index contributed by atoms with van der Waals surface area (Å²) in [6.45, 7) is 6.17. The fourth-order valence-corrected chi connectivity index (χ4v) is 2.39. The van der Waals surface area contributed by atoms with Crippen molar-refractivity contribution in [1.82, 2.24) is 0 Å². The van der Waals surface area contributed by atoms with Crippen molar-refractivity contribution in [2.45, 2.75) is 26.7 Å². The molecule has 0 aliphatic heterocycles. The number of aliphatic hydroxyl groups is 1. The standard InChI is InChI=1S/C12H17BrO2/c1-7-5-10(13)9(3)11(8(2)6-14)12(7)15-4/h5,8,14H,6H2,1-4H3. The zero-order chi connectivity index (χ0) is 11.6. The Kier molecular flexibility index (Phi) is 4.17. The van der Waals surface area contributed by atoms with E-state index in [1.54, 1.807) is 7.11 Å². The zero-order valence-electron chi connectivity index (χ0n) is 9.60. The van der Waals surface area contributed by atoms with E-state index in [1.165, 1.54) is 0 Å². The van der Waals surface area contributed by atoms with Crippen LogP contribution in [-0.2, 0) is 0 Å². The van der Waals surface area contributed by atoms with Crippen LogP contribution in [0.1, 0.15) is 29.5 Å². The number of benzene rings is 1. The molecule has 84 valence electrons. The third-order valence-corrected chi connectivity index (χ3v) is 3.50. The highest BCUT2D eigenvalue weighted by Gasteiger charge is 2.17. The predicted octanol–water partition coefficient (Wildman–Crippen LogP) is 3.17. The Balaban J connectivity index is 3.43. The first-order valence-electron chi connectivity index (χ1n) is 4.97. The minimum atomic E-state index is 0.0937. The first-order valence-corrected chi connectivity index (χ1v) is 5.76. The quantitative estimate of drug-likeness (QED) is 0.916. The second-order valence-corrected chi connectivity index (χ2v) is 4.69. The maximum absolute atomic E-state index is 9.24. The van der Waals surface area contributed by atoms with Gasteiger partial charge in [-0.25, -0.2) is 0 Å². The van der Waals surface area contributed by atoms with E-state index in [0.29, 0.717) is 0 Å². The summed E-state index contributed by atoms with van der Waals surface area (Å²) in [5.41, 5.74) is 3.32. The van der Waals surface area contributed by atoms with Crippen LogP contribution in [0, 0.1) is 13.8 Å². The highest BCUT2D eigenvalue weighted by atomic mass is 79.9. The summed E-state index contributed by atoms with van der Waals surface area (Å²) >= 11 is 3.52. The van der Waals surface area contributed by atoms with Crippen LogP contribution >= 0.6 is 15.9 Å². The van der Waals surface area contributed by atoms with Gasteiger partial charge in [0, 0.05) is 22.6 Å². The minimum Gasteiger partial charge on any atom is -0.496 e. The molecule has 0 saturated heterocycles. The maximum Gasteiger partial charge on any atom is 0.125 e. The number of aliphatic hydroxyl groups excluding tert-OH is 1.